The molecule has 184 valence electrons. The summed E-state index contributed by atoms with van der Waals surface area (Å²) in [6, 6.07) is 19.9. The molecule has 0 aliphatic carbocycles. The minimum absolute atomic E-state index is 0.135. The molecule has 36 heavy (non-hydrogen) atoms. The number of carbonyl (C=O) groups is 1. The Kier molecular flexibility index (Phi) is 7.22. The first-order valence-corrected chi connectivity index (χ1v) is 11.9. The van der Waals surface area contributed by atoms with E-state index in [1.807, 2.05) is 69.3 Å². The zero-order valence-corrected chi connectivity index (χ0v) is 21.0. The van der Waals surface area contributed by atoms with E-state index in [1.165, 1.54) is 6.20 Å². The Hall–Kier alpha value is -3.97. The lowest BCUT2D eigenvalue weighted by molar-refractivity contribution is 0.0932. The van der Waals surface area contributed by atoms with Crippen molar-refractivity contribution in [3.05, 3.63) is 115 Å². The maximum atomic E-state index is 12.8. The maximum absolute atomic E-state index is 12.8. The molecule has 1 unspecified atom stereocenters. The average molecular weight is 503 g/mol. The van der Waals surface area contributed by atoms with Crippen LogP contribution in [0.3, 0.4) is 0 Å². The van der Waals surface area contributed by atoms with Crippen LogP contribution in [0.2, 0.25) is 5.15 Å². The molecular formula is C28H27ClN4O3. The summed E-state index contributed by atoms with van der Waals surface area (Å²) >= 11 is 6.13. The molecule has 4 aromatic rings. The molecule has 0 spiro atoms. The van der Waals surface area contributed by atoms with Crippen LogP contribution in [0.1, 0.15) is 41.4 Å². The zero-order chi connectivity index (χ0) is 25.9. The van der Waals surface area contributed by atoms with E-state index in [0.29, 0.717) is 17.8 Å². The first-order valence-electron chi connectivity index (χ1n) is 11.5. The Labute approximate surface area is 214 Å². The number of amides is 1. The van der Waals surface area contributed by atoms with E-state index in [2.05, 4.69) is 20.9 Å². The lowest BCUT2D eigenvalue weighted by Crippen LogP contribution is -2.43. The Bertz CT molecular complexity index is 1460. The number of anilines is 3. The number of nitrogens with one attached hydrogen (secondary N) is 3. The van der Waals surface area contributed by atoms with E-state index < -0.39 is 22.3 Å². The summed E-state index contributed by atoms with van der Waals surface area (Å²) < 4.78 is 0. The third kappa shape index (κ3) is 5.31. The van der Waals surface area contributed by atoms with Gasteiger partial charge in [0.05, 0.1) is 11.7 Å². The van der Waals surface area contributed by atoms with Gasteiger partial charge in [-0.1, -0.05) is 73.5 Å². The van der Waals surface area contributed by atoms with Gasteiger partial charge in [-0.15, -0.1) is 0 Å². The van der Waals surface area contributed by atoms with Crippen LogP contribution >= 0.6 is 11.6 Å². The van der Waals surface area contributed by atoms with Crippen molar-refractivity contribution < 1.29 is 4.79 Å². The van der Waals surface area contributed by atoms with Gasteiger partial charge in [-0.2, -0.15) is 0 Å². The van der Waals surface area contributed by atoms with Gasteiger partial charge >= 0.3 is 0 Å². The topological polar surface area (TPSA) is 100 Å². The van der Waals surface area contributed by atoms with Crippen LogP contribution in [0, 0.1) is 12.3 Å². The number of halogens is 1. The number of rotatable bonds is 9. The highest BCUT2D eigenvalue weighted by atomic mass is 35.5. The third-order valence-electron chi connectivity index (χ3n) is 6.12. The van der Waals surface area contributed by atoms with Gasteiger partial charge < -0.3 is 16.0 Å². The molecule has 0 aliphatic rings. The summed E-state index contributed by atoms with van der Waals surface area (Å²) in [5, 5.41) is 9.44. The molecule has 3 aromatic carbocycles. The Balaban J connectivity index is 1.60. The standard InChI is InChI=1S/C28H27ClN4O3/c1-17-9-7-12-19(15-17)27(36)31-16-28(2,3)25(18-10-5-4-6-11-18)33-22-21(23(34)24(22)35)32-20-13-8-14-30-26(20)29/h4-15,25,32-33H,16H2,1-3H3,(H,31,36). The average Bonchev–Trinajstić information content (AvgIpc) is 2.88. The highest BCUT2D eigenvalue weighted by Gasteiger charge is 2.34. The van der Waals surface area contributed by atoms with Crippen molar-refractivity contribution in [1.29, 1.82) is 0 Å². The molecule has 8 heteroatoms. The van der Waals surface area contributed by atoms with Gasteiger partial charge in [0, 0.05) is 23.7 Å². The third-order valence-corrected chi connectivity index (χ3v) is 6.42. The van der Waals surface area contributed by atoms with Crippen LogP contribution in [0.25, 0.3) is 0 Å². The largest absolute Gasteiger partial charge is 0.373 e. The number of hydrogen-bond acceptors (Lipinski definition) is 6. The van der Waals surface area contributed by atoms with Crippen molar-refractivity contribution in [2.45, 2.75) is 26.8 Å². The van der Waals surface area contributed by atoms with Crippen LogP contribution in [0.15, 0.2) is 82.5 Å². The number of nitrogens with zero attached hydrogens (tertiary/aromatic N) is 1. The van der Waals surface area contributed by atoms with Crippen molar-refractivity contribution in [2.75, 3.05) is 17.2 Å². The molecule has 0 bridgehead atoms. The van der Waals surface area contributed by atoms with Gasteiger partial charge in [0.2, 0.25) is 0 Å². The van der Waals surface area contributed by atoms with Gasteiger partial charge in [0.15, 0.2) is 5.15 Å². The summed E-state index contributed by atoms with van der Waals surface area (Å²) in [6.07, 6.45) is 1.54. The molecule has 7 nitrogen and oxygen atoms in total. The van der Waals surface area contributed by atoms with Gasteiger partial charge in [-0.3, -0.25) is 14.4 Å². The number of pyridine rings is 1. The molecule has 3 N–H and O–H groups in total. The Morgan fingerprint density at radius 2 is 1.69 bits per heavy atom. The zero-order valence-electron chi connectivity index (χ0n) is 20.3. The van der Waals surface area contributed by atoms with Crippen LogP contribution in [-0.4, -0.2) is 17.4 Å². The molecule has 1 aromatic heterocycles. The molecule has 1 atom stereocenters. The van der Waals surface area contributed by atoms with Crippen molar-refractivity contribution in [2.24, 2.45) is 5.41 Å². The quantitative estimate of drug-likeness (QED) is 0.220. The van der Waals surface area contributed by atoms with Crippen LogP contribution in [0.4, 0.5) is 17.1 Å². The predicted molar refractivity (Wildman–Crippen MR) is 144 cm³/mol. The smallest absolute Gasteiger partial charge is 0.253 e. The molecule has 4 rings (SSSR count). The number of aromatic nitrogens is 1. The molecule has 0 saturated heterocycles. The van der Waals surface area contributed by atoms with E-state index in [-0.39, 0.29) is 22.4 Å². The minimum atomic E-state index is -0.630. The number of aryl methyl sites for hydroxylation is 1. The van der Waals surface area contributed by atoms with Crippen LogP contribution in [0.5, 0.6) is 0 Å². The predicted octanol–water partition coefficient (Wildman–Crippen LogP) is 4.99. The maximum Gasteiger partial charge on any atom is 0.253 e. The SMILES string of the molecule is Cc1cccc(C(=O)NCC(C)(C)C(Nc2c(Nc3cccnc3Cl)c(=O)c2=O)c2ccccc2)c1. The molecule has 0 saturated carbocycles. The molecular weight excluding hydrogens is 476 g/mol. The summed E-state index contributed by atoms with van der Waals surface area (Å²) in [5.41, 5.74) is 1.43. The molecule has 1 amide bonds. The summed E-state index contributed by atoms with van der Waals surface area (Å²) in [7, 11) is 0. The fourth-order valence-electron chi connectivity index (χ4n) is 4.08. The van der Waals surface area contributed by atoms with Gasteiger partial charge in [-0.05, 0) is 36.8 Å². The van der Waals surface area contributed by atoms with Crippen molar-refractivity contribution in [3.8, 4) is 0 Å². The second-order valence-electron chi connectivity index (χ2n) is 9.40. The van der Waals surface area contributed by atoms with Crippen molar-refractivity contribution >= 4 is 34.6 Å². The first-order chi connectivity index (χ1) is 17.2. The monoisotopic (exact) mass is 502 g/mol. The van der Waals surface area contributed by atoms with E-state index in [0.717, 1.165) is 11.1 Å². The molecule has 0 aliphatic heterocycles. The normalized spacial score (nSPS) is 12.2. The van der Waals surface area contributed by atoms with E-state index >= 15 is 0 Å². The van der Waals surface area contributed by atoms with Crippen LogP contribution < -0.4 is 26.8 Å². The second kappa shape index (κ2) is 10.3. The van der Waals surface area contributed by atoms with Gasteiger partial charge in [-0.25, -0.2) is 4.98 Å². The first kappa shape index (κ1) is 25.1. The Morgan fingerprint density at radius 3 is 2.39 bits per heavy atom. The highest BCUT2D eigenvalue weighted by molar-refractivity contribution is 6.32. The number of benzene rings is 2. The molecule has 0 radical (unpaired) electrons. The summed E-state index contributed by atoms with van der Waals surface area (Å²) in [4.78, 5) is 41.8. The highest BCUT2D eigenvalue weighted by Crippen LogP contribution is 2.37. The van der Waals surface area contributed by atoms with E-state index in [1.54, 1.807) is 18.2 Å². The number of carbonyl (C=O) groups excluding carboxylic acids is 1. The molecule has 0 fully saturated rings. The lowest BCUT2D eigenvalue weighted by Gasteiger charge is -2.37. The summed E-state index contributed by atoms with van der Waals surface area (Å²) in [6.45, 7) is 6.24. The second-order valence-corrected chi connectivity index (χ2v) is 9.76. The Morgan fingerprint density at radius 1 is 0.972 bits per heavy atom. The van der Waals surface area contributed by atoms with E-state index in [4.69, 9.17) is 11.6 Å². The van der Waals surface area contributed by atoms with E-state index in [9.17, 15) is 14.4 Å². The lowest BCUT2D eigenvalue weighted by atomic mass is 9.79. The fourth-order valence-corrected chi connectivity index (χ4v) is 4.25. The molecule has 1 heterocycles. The summed E-state index contributed by atoms with van der Waals surface area (Å²) in [5.74, 6) is -0.179. The number of hydrogen-bond donors (Lipinski definition) is 3. The van der Waals surface area contributed by atoms with Crippen molar-refractivity contribution in [3.63, 3.8) is 0 Å². The van der Waals surface area contributed by atoms with Gasteiger partial charge in [0.25, 0.3) is 16.8 Å². The minimum Gasteiger partial charge on any atom is -0.373 e. The van der Waals surface area contributed by atoms with Gasteiger partial charge in [0.1, 0.15) is 11.4 Å². The van der Waals surface area contributed by atoms with Crippen molar-refractivity contribution in [1.82, 2.24) is 10.3 Å². The fraction of sp³-hybridized carbons (Fsp3) is 0.214. The van der Waals surface area contributed by atoms with Crippen LogP contribution in [-0.2, 0) is 0 Å².